The molecule has 1 aliphatic heterocycles. The highest BCUT2D eigenvalue weighted by Gasteiger charge is 2.31. The molecule has 2 N–H and O–H groups in total. The molecule has 1 heterocycles. The Kier molecular flexibility index (Phi) is 4.54. The van der Waals surface area contributed by atoms with Crippen molar-refractivity contribution in [1.82, 2.24) is 15.5 Å². The zero-order valence-corrected chi connectivity index (χ0v) is 10.8. The van der Waals surface area contributed by atoms with E-state index in [1.807, 2.05) is 0 Å². The van der Waals surface area contributed by atoms with Crippen LogP contribution in [0.5, 0.6) is 0 Å². The van der Waals surface area contributed by atoms with Crippen LogP contribution in [0, 0.1) is 0 Å². The maximum atomic E-state index is 11.9. The van der Waals surface area contributed by atoms with E-state index >= 15 is 0 Å². The number of hydrogen-bond donors (Lipinski definition) is 2. The Hall–Kier alpha value is -1.14. The van der Waals surface area contributed by atoms with Crippen molar-refractivity contribution in [3.05, 3.63) is 0 Å². The van der Waals surface area contributed by atoms with Crippen molar-refractivity contribution in [2.75, 3.05) is 33.3 Å². The first-order valence-corrected chi connectivity index (χ1v) is 6.55. The van der Waals surface area contributed by atoms with Crippen molar-refractivity contribution >= 4 is 11.8 Å². The summed E-state index contributed by atoms with van der Waals surface area (Å²) in [5.41, 5.74) is 0. The van der Waals surface area contributed by atoms with Crippen LogP contribution >= 0.6 is 0 Å². The molecule has 2 amide bonds. The summed E-state index contributed by atoms with van der Waals surface area (Å²) in [4.78, 5) is 25.4. The monoisotopic (exact) mass is 255 g/mol. The number of nitrogens with zero attached hydrogens (tertiary/aromatic N) is 1. The quantitative estimate of drug-likeness (QED) is 0.628. The summed E-state index contributed by atoms with van der Waals surface area (Å²) in [7, 11) is 1.65. The number of carbonyl (C=O) groups is 2. The Morgan fingerprint density at radius 1 is 1.28 bits per heavy atom. The predicted molar refractivity (Wildman–Crippen MR) is 66.0 cm³/mol. The molecule has 0 aromatic carbocycles. The standard InChI is InChI=1S/C12H21N3O3/c1-18-10-4-2-3-9(10)14-11(16)12(17)15-7-5-13-6-8-15/h9-10,13H,2-8H2,1H3,(H,14,16). The fraction of sp³-hybridized carbons (Fsp3) is 0.833. The van der Waals surface area contributed by atoms with E-state index in [1.165, 1.54) is 0 Å². The Morgan fingerprint density at radius 2 is 2.00 bits per heavy atom. The minimum Gasteiger partial charge on any atom is -0.379 e. The van der Waals surface area contributed by atoms with E-state index in [4.69, 9.17) is 4.74 Å². The van der Waals surface area contributed by atoms with Gasteiger partial charge in [0.25, 0.3) is 0 Å². The molecular formula is C12H21N3O3. The van der Waals surface area contributed by atoms with E-state index in [2.05, 4.69) is 10.6 Å². The van der Waals surface area contributed by atoms with Gasteiger partial charge in [0.2, 0.25) is 0 Å². The first kappa shape index (κ1) is 13.3. The molecule has 2 rings (SSSR count). The van der Waals surface area contributed by atoms with Crippen LogP contribution in [0.15, 0.2) is 0 Å². The Balaban J connectivity index is 1.85. The van der Waals surface area contributed by atoms with Gasteiger partial charge in [0.1, 0.15) is 0 Å². The van der Waals surface area contributed by atoms with Gasteiger partial charge in [-0.2, -0.15) is 0 Å². The second kappa shape index (κ2) is 6.15. The van der Waals surface area contributed by atoms with E-state index < -0.39 is 11.8 Å². The highest BCUT2D eigenvalue weighted by molar-refractivity contribution is 6.35. The molecule has 2 fully saturated rings. The molecule has 2 unspecified atom stereocenters. The van der Waals surface area contributed by atoms with Gasteiger partial charge in [0.05, 0.1) is 12.1 Å². The SMILES string of the molecule is COC1CCCC1NC(=O)C(=O)N1CCNCC1. The molecule has 102 valence electrons. The van der Waals surface area contributed by atoms with Gasteiger partial charge in [-0.25, -0.2) is 0 Å². The lowest BCUT2D eigenvalue weighted by Gasteiger charge is -2.27. The van der Waals surface area contributed by atoms with Crippen LogP contribution < -0.4 is 10.6 Å². The van der Waals surface area contributed by atoms with Crippen LogP contribution in [0.25, 0.3) is 0 Å². The van der Waals surface area contributed by atoms with Crippen molar-refractivity contribution in [2.24, 2.45) is 0 Å². The van der Waals surface area contributed by atoms with Crippen LogP contribution in [0.3, 0.4) is 0 Å². The summed E-state index contributed by atoms with van der Waals surface area (Å²) in [6.45, 7) is 2.71. The average Bonchev–Trinajstić information content (AvgIpc) is 2.86. The molecule has 0 spiro atoms. The minimum absolute atomic E-state index is 0.0191. The minimum atomic E-state index is -0.495. The van der Waals surface area contributed by atoms with E-state index in [-0.39, 0.29) is 12.1 Å². The van der Waals surface area contributed by atoms with Crippen molar-refractivity contribution in [2.45, 2.75) is 31.4 Å². The van der Waals surface area contributed by atoms with Gasteiger partial charge in [0.15, 0.2) is 0 Å². The summed E-state index contributed by atoms with van der Waals surface area (Å²) in [5, 5.41) is 5.95. The molecule has 2 atom stereocenters. The summed E-state index contributed by atoms with van der Waals surface area (Å²) in [6.07, 6.45) is 2.91. The highest BCUT2D eigenvalue weighted by Crippen LogP contribution is 2.21. The molecule has 2 aliphatic rings. The van der Waals surface area contributed by atoms with E-state index in [9.17, 15) is 9.59 Å². The van der Waals surface area contributed by atoms with Gasteiger partial charge in [0, 0.05) is 33.3 Å². The van der Waals surface area contributed by atoms with Gasteiger partial charge in [-0.05, 0) is 19.3 Å². The zero-order chi connectivity index (χ0) is 13.0. The third-order valence-electron chi connectivity index (χ3n) is 3.67. The predicted octanol–water partition coefficient (Wildman–Crippen LogP) is -0.898. The normalized spacial score (nSPS) is 28.2. The first-order valence-electron chi connectivity index (χ1n) is 6.55. The van der Waals surface area contributed by atoms with Gasteiger partial charge < -0.3 is 20.3 Å². The van der Waals surface area contributed by atoms with Gasteiger partial charge >= 0.3 is 11.8 Å². The van der Waals surface area contributed by atoms with Gasteiger partial charge in [-0.3, -0.25) is 9.59 Å². The van der Waals surface area contributed by atoms with Crippen molar-refractivity contribution in [1.29, 1.82) is 0 Å². The van der Waals surface area contributed by atoms with Gasteiger partial charge in [-0.1, -0.05) is 0 Å². The molecule has 6 heteroatoms. The smallest absolute Gasteiger partial charge is 0.311 e. The van der Waals surface area contributed by atoms with E-state index in [0.717, 1.165) is 32.4 Å². The molecule has 6 nitrogen and oxygen atoms in total. The number of hydrogen-bond acceptors (Lipinski definition) is 4. The largest absolute Gasteiger partial charge is 0.379 e. The molecular weight excluding hydrogens is 234 g/mol. The Bertz CT molecular complexity index is 316. The van der Waals surface area contributed by atoms with Crippen molar-refractivity contribution in [3.8, 4) is 0 Å². The summed E-state index contributed by atoms with van der Waals surface area (Å²) in [6, 6.07) is -0.0191. The second-order valence-electron chi connectivity index (χ2n) is 4.83. The zero-order valence-electron chi connectivity index (χ0n) is 10.8. The van der Waals surface area contributed by atoms with Crippen molar-refractivity contribution < 1.29 is 14.3 Å². The van der Waals surface area contributed by atoms with Gasteiger partial charge in [-0.15, -0.1) is 0 Å². The van der Waals surface area contributed by atoms with Crippen LogP contribution in [-0.2, 0) is 14.3 Å². The fourth-order valence-corrected chi connectivity index (χ4v) is 2.61. The third kappa shape index (κ3) is 3.00. The van der Waals surface area contributed by atoms with Crippen LogP contribution in [0.2, 0.25) is 0 Å². The molecule has 18 heavy (non-hydrogen) atoms. The lowest BCUT2D eigenvalue weighted by atomic mass is 10.2. The summed E-state index contributed by atoms with van der Waals surface area (Å²) in [5.74, 6) is -0.913. The molecule has 1 saturated carbocycles. The molecule has 1 aliphatic carbocycles. The molecule has 1 saturated heterocycles. The third-order valence-corrected chi connectivity index (χ3v) is 3.67. The maximum absolute atomic E-state index is 11.9. The lowest BCUT2D eigenvalue weighted by Crippen LogP contribution is -2.53. The lowest BCUT2D eigenvalue weighted by molar-refractivity contribution is -0.147. The van der Waals surface area contributed by atoms with Crippen LogP contribution in [0.4, 0.5) is 0 Å². The molecule has 0 bridgehead atoms. The molecule has 0 radical (unpaired) electrons. The second-order valence-corrected chi connectivity index (χ2v) is 4.83. The maximum Gasteiger partial charge on any atom is 0.311 e. The summed E-state index contributed by atoms with van der Waals surface area (Å²) < 4.78 is 5.30. The molecule has 0 aromatic rings. The number of methoxy groups -OCH3 is 1. The highest BCUT2D eigenvalue weighted by atomic mass is 16.5. The van der Waals surface area contributed by atoms with E-state index in [0.29, 0.717) is 13.1 Å². The number of nitrogens with one attached hydrogen (secondary N) is 2. The van der Waals surface area contributed by atoms with Crippen LogP contribution in [-0.4, -0.2) is 62.1 Å². The number of rotatable bonds is 2. The Labute approximate surface area is 107 Å². The van der Waals surface area contributed by atoms with Crippen LogP contribution in [0.1, 0.15) is 19.3 Å². The topological polar surface area (TPSA) is 70.7 Å². The summed E-state index contributed by atoms with van der Waals surface area (Å²) >= 11 is 0. The number of ether oxygens (including phenoxy) is 1. The van der Waals surface area contributed by atoms with E-state index in [1.54, 1.807) is 12.0 Å². The number of carbonyl (C=O) groups excluding carboxylic acids is 2. The molecule has 0 aromatic heterocycles. The Morgan fingerprint density at radius 3 is 2.67 bits per heavy atom. The number of amides is 2. The van der Waals surface area contributed by atoms with Crippen molar-refractivity contribution in [3.63, 3.8) is 0 Å². The number of piperazine rings is 1. The first-order chi connectivity index (χ1) is 8.72. The average molecular weight is 255 g/mol. The fourth-order valence-electron chi connectivity index (χ4n) is 2.61.